The van der Waals surface area contributed by atoms with E-state index < -0.39 is 6.04 Å². The Kier molecular flexibility index (Phi) is 9.05. The molecule has 0 fully saturated rings. The fraction of sp³-hybridized carbons (Fsp3) is 0.391. The molecule has 6 heteroatoms. The topological polar surface area (TPSA) is 49.4 Å². The van der Waals surface area contributed by atoms with Gasteiger partial charge in [-0.25, -0.2) is 0 Å². The SMILES string of the molecule is Cc1ccc(SCC(=O)N(Cc2cccc(Cl)c2)[C@H](C)C(=O)NCC(C)C)cc1. The highest BCUT2D eigenvalue weighted by molar-refractivity contribution is 8.00. The molecule has 0 radical (unpaired) electrons. The minimum absolute atomic E-state index is 0.0808. The van der Waals surface area contributed by atoms with Gasteiger partial charge in [-0.2, -0.15) is 0 Å². The van der Waals surface area contributed by atoms with Crippen LogP contribution in [0.4, 0.5) is 0 Å². The summed E-state index contributed by atoms with van der Waals surface area (Å²) < 4.78 is 0. The van der Waals surface area contributed by atoms with Crippen molar-refractivity contribution < 1.29 is 9.59 Å². The summed E-state index contributed by atoms with van der Waals surface area (Å²) in [5.74, 6) is 0.392. The molecule has 0 saturated heterocycles. The highest BCUT2D eigenvalue weighted by Crippen LogP contribution is 2.21. The first kappa shape index (κ1) is 23.3. The van der Waals surface area contributed by atoms with Gasteiger partial charge in [0.15, 0.2) is 0 Å². The summed E-state index contributed by atoms with van der Waals surface area (Å²) in [4.78, 5) is 28.3. The molecule has 2 aromatic rings. The molecule has 156 valence electrons. The van der Waals surface area contributed by atoms with E-state index in [1.54, 1.807) is 17.9 Å². The zero-order chi connectivity index (χ0) is 21.4. The molecule has 0 saturated carbocycles. The Bertz CT molecular complexity index is 824. The van der Waals surface area contributed by atoms with Crippen LogP contribution in [0.1, 0.15) is 31.9 Å². The van der Waals surface area contributed by atoms with Crippen molar-refractivity contribution in [2.75, 3.05) is 12.3 Å². The smallest absolute Gasteiger partial charge is 0.242 e. The van der Waals surface area contributed by atoms with Gasteiger partial charge in [0, 0.05) is 23.0 Å². The molecule has 1 N–H and O–H groups in total. The molecule has 2 aromatic carbocycles. The molecule has 0 spiro atoms. The number of benzene rings is 2. The molecule has 0 bridgehead atoms. The van der Waals surface area contributed by atoms with Crippen molar-refractivity contribution in [1.29, 1.82) is 0 Å². The van der Waals surface area contributed by atoms with Crippen LogP contribution in [0.3, 0.4) is 0 Å². The number of hydrogen-bond acceptors (Lipinski definition) is 3. The molecule has 0 aliphatic rings. The lowest BCUT2D eigenvalue weighted by Gasteiger charge is -2.29. The largest absolute Gasteiger partial charge is 0.354 e. The average molecular weight is 433 g/mol. The Labute approximate surface area is 183 Å². The van der Waals surface area contributed by atoms with Crippen LogP contribution in [-0.2, 0) is 16.1 Å². The molecule has 0 unspecified atom stereocenters. The van der Waals surface area contributed by atoms with E-state index in [-0.39, 0.29) is 17.6 Å². The normalized spacial score (nSPS) is 11.9. The van der Waals surface area contributed by atoms with Crippen LogP contribution in [0.15, 0.2) is 53.4 Å². The summed E-state index contributed by atoms with van der Waals surface area (Å²) in [5, 5.41) is 3.54. The lowest BCUT2D eigenvalue weighted by atomic mass is 10.1. The summed E-state index contributed by atoms with van der Waals surface area (Å²) in [6, 6.07) is 14.9. The molecular formula is C23H29ClN2O2S. The highest BCUT2D eigenvalue weighted by Gasteiger charge is 2.26. The second kappa shape index (κ2) is 11.3. The highest BCUT2D eigenvalue weighted by atomic mass is 35.5. The number of thioether (sulfide) groups is 1. The van der Waals surface area contributed by atoms with Crippen molar-refractivity contribution in [3.63, 3.8) is 0 Å². The first-order valence-corrected chi connectivity index (χ1v) is 11.1. The number of hydrogen-bond donors (Lipinski definition) is 1. The number of nitrogens with zero attached hydrogens (tertiary/aromatic N) is 1. The Morgan fingerprint density at radius 1 is 1.10 bits per heavy atom. The van der Waals surface area contributed by atoms with Gasteiger partial charge in [0.2, 0.25) is 11.8 Å². The molecular weight excluding hydrogens is 404 g/mol. The monoisotopic (exact) mass is 432 g/mol. The van der Waals surface area contributed by atoms with Crippen LogP contribution in [-0.4, -0.2) is 35.1 Å². The Hall–Kier alpha value is -1.98. The van der Waals surface area contributed by atoms with Crippen molar-refractivity contribution in [2.45, 2.75) is 45.2 Å². The minimum Gasteiger partial charge on any atom is -0.354 e. The third-order valence-electron chi connectivity index (χ3n) is 4.48. The van der Waals surface area contributed by atoms with Crippen LogP contribution < -0.4 is 5.32 Å². The van der Waals surface area contributed by atoms with Crippen LogP contribution in [0.25, 0.3) is 0 Å². The molecule has 0 aliphatic carbocycles. The average Bonchev–Trinajstić information content (AvgIpc) is 2.69. The van der Waals surface area contributed by atoms with Gasteiger partial charge >= 0.3 is 0 Å². The number of aryl methyl sites for hydroxylation is 1. The first-order valence-electron chi connectivity index (χ1n) is 9.77. The van der Waals surface area contributed by atoms with Crippen molar-refractivity contribution in [2.24, 2.45) is 5.92 Å². The van der Waals surface area contributed by atoms with Crippen LogP contribution in [0.2, 0.25) is 5.02 Å². The molecule has 2 amide bonds. The lowest BCUT2D eigenvalue weighted by molar-refractivity contribution is -0.138. The van der Waals surface area contributed by atoms with Gasteiger partial charge in [-0.3, -0.25) is 9.59 Å². The van der Waals surface area contributed by atoms with E-state index in [4.69, 9.17) is 11.6 Å². The zero-order valence-electron chi connectivity index (χ0n) is 17.4. The predicted molar refractivity (Wildman–Crippen MR) is 121 cm³/mol. The zero-order valence-corrected chi connectivity index (χ0v) is 19.0. The maximum Gasteiger partial charge on any atom is 0.242 e. The van der Waals surface area contributed by atoms with Crippen LogP contribution in [0.5, 0.6) is 0 Å². The number of carbonyl (C=O) groups excluding carboxylic acids is 2. The predicted octanol–water partition coefficient (Wildman–Crippen LogP) is 4.93. The van der Waals surface area contributed by atoms with E-state index in [0.717, 1.165) is 10.5 Å². The third kappa shape index (κ3) is 7.75. The molecule has 1 atom stereocenters. The summed E-state index contributed by atoms with van der Waals surface area (Å²) >= 11 is 7.58. The third-order valence-corrected chi connectivity index (χ3v) is 5.71. The van der Waals surface area contributed by atoms with E-state index >= 15 is 0 Å². The molecule has 0 aromatic heterocycles. The van der Waals surface area contributed by atoms with Gasteiger partial charge in [0.1, 0.15) is 6.04 Å². The minimum atomic E-state index is -0.571. The van der Waals surface area contributed by atoms with Gasteiger partial charge in [-0.05, 0) is 49.6 Å². The Morgan fingerprint density at radius 3 is 2.41 bits per heavy atom. The number of halogens is 1. The second-order valence-corrected chi connectivity index (χ2v) is 9.05. The lowest BCUT2D eigenvalue weighted by Crippen LogP contribution is -2.48. The number of amides is 2. The van der Waals surface area contributed by atoms with Crippen molar-refractivity contribution in [3.8, 4) is 0 Å². The Morgan fingerprint density at radius 2 is 1.79 bits per heavy atom. The number of rotatable bonds is 9. The van der Waals surface area contributed by atoms with Gasteiger partial charge in [-0.15, -0.1) is 11.8 Å². The van der Waals surface area contributed by atoms with Gasteiger partial charge in [-0.1, -0.05) is 55.3 Å². The molecule has 29 heavy (non-hydrogen) atoms. The van der Waals surface area contributed by atoms with Gasteiger partial charge in [0.05, 0.1) is 5.75 Å². The van der Waals surface area contributed by atoms with E-state index in [1.165, 1.54) is 17.3 Å². The summed E-state index contributed by atoms with van der Waals surface area (Å²) in [6.07, 6.45) is 0. The van der Waals surface area contributed by atoms with E-state index in [1.807, 2.05) is 63.2 Å². The van der Waals surface area contributed by atoms with E-state index in [0.29, 0.717) is 24.0 Å². The standard InChI is InChI=1S/C23H29ClN2O2S/c1-16(2)13-25-23(28)18(4)26(14-19-6-5-7-20(24)12-19)22(27)15-29-21-10-8-17(3)9-11-21/h5-12,16,18H,13-15H2,1-4H3,(H,25,28)/t18-/m1/s1. The molecule has 2 rings (SSSR count). The van der Waals surface area contributed by atoms with Crippen molar-refractivity contribution in [1.82, 2.24) is 10.2 Å². The van der Waals surface area contributed by atoms with Crippen LogP contribution in [0, 0.1) is 12.8 Å². The van der Waals surface area contributed by atoms with Crippen LogP contribution >= 0.6 is 23.4 Å². The molecule has 4 nitrogen and oxygen atoms in total. The fourth-order valence-corrected chi connectivity index (χ4v) is 3.73. The maximum absolute atomic E-state index is 13.0. The van der Waals surface area contributed by atoms with Gasteiger partial charge < -0.3 is 10.2 Å². The van der Waals surface area contributed by atoms with E-state index in [9.17, 15) is 9.59 Å². The molecule has 0 aliphatic heterocycles. The van der Waals surface area contributed by atoms with Crippen molar-refractivity contribution in [3.05, 3.63) is 64.7 Å². The fourth-order valence-electron chi connectivity index (χ4n) is 2.73. The summed E-state index contributed by atoms with van der Waals surface area (Å²) in [7, 11) is 0. The first-order chi connectivity index (χ1) is 13.8. The maximum atomic E-state index is 13.0. The summed E-state index contributed by atoms with van der Waals surface area (Å²) in [5.41, 5.74) is 2.08. The second-order valence-electron chi connectivity index (χ2n) is 7.57. The quantitative estimate of drug-likeness (QED) is 0.571. The van der Waals surface area contributed by atoms with Gasteiger partial charge in [0.25, 0.3) is 0 Å². The van der Waals surface area contributed by atoms with E-state index in [2.05, 4.69) is 5.32 Å². The number of nitrogens with one attached hydrogen (secondary N) is 1. The Balaban J connectivity index is 2.12. The summed E-state index contributed by atoms with van der Waals surface area (Å²) in [6.45, 7) is 8.80. The number of carbonyl (C=O) groups is 2. The van der Waals surface area contributed by atoms with Crippen molar-refractivity contribution >= 4 is 35.2 Å². The molecule has 0 heterocycles.